The number of hydrogen-bond acceptors (Lipinski definition) is 4. The van der Waals surface area contributed by atoms with Gasteiger partial charge < -0.3 is 0 Å². The number of esters is 1. The SMILES string of the molecule is CC(C)(C)OC(=O)CC(C)(C)ON1CC[CH]([Zn][I])CC1. The summed E-state index contributed by atoms with van der Waals surface area (Å²) in [5, 5.41) is 2.04. The Morgan fingerprint density at radius 1 is 1.25 bits per heavy atom. The quantitative estimate of drug-likeness (QED) is 0.365. The number of ether oxygens (including phenoxy) is 1. The molecule has 20 heavy (non-hydrogen) atoms. The van der Waals surface area contributed by atoms with E-state index in [1.165, 1.54) is 12.8 Å². The Balaban J connectivity index is 2.39. The van der Waals surface area contributed by atoms with E-state index in [9.17, 15) is 4.79 Å². The summed E-state index contributed by atoms with van der Waals surface area (Å²) in [6.45, 7) is 11.6. The molecule has 1 heterocycles. The van der Waals surface area contributed by atoms with Crippen molar-refractivity contribution in [2.45, 2.75) is 69.6 Å². The van der Waals surface area contributed by atoms with Crippen molar-refractivity contribution >= 4 is 25.7 Å². The Hall–Kier alpha value is 0.743. The molecule has 114 valence electrons. The van der Waals surface area contributed by atoms with Crippen molar-refractivity contribution in [1.82, 2.24) is 5.06 Å². The number of hydroxylamine groups is 2. The Bertz CT molecular complexity index is 323. The normalized spacial score (nSPS) is 18.7. The van der Waals surface area contributed by atoms with Gasteiger partial charge in [0.1, 0.15) is 0 Å². The van der Waals surface area contributed by atoms with Crippen LogP contribution in [0.3, 0.4) is 0 Å². The summed E-state index contributed by atoms with van der Waals surface area (Å²) < 4.78 is 6.36. The van der Waals surface area contributed by atoms with E-state index >= 15 is 0 Å². The molecule has 0 atom stereocenters. The number of nitrogens with zero attached hydrogens (tertiary/aromatic N) is 1. The number of halogens is 1. The molecule has 0 unspecified atom stereocenters. The first-order chi connectivity index (χ1) is 9.11. The van der Waals surface area contributed by atoms with Gasteiger partial charge in [-0.3, -0.25) is 0 Å². The molecular weight excluding hydrogens is 422 g/mol. The summed E-state index contributed by atoms with van der Waals surface area (Å²) >= 11 is 2.32. The standard InChI is InChI=1S/C14H26NO3.HI.Zn/c1-13(2,3)17-12(16)11-14(4,5)18-15-9-7-6-8-10-15;;/h6H,7-11H2,1-5H3;1H;/q;;+1/p-1. The third-order valence-corrected chi connectivity index (χ3v) is 12.3. The van der Waals surface area contributed by atoms with Gasteiger partial charge in [0, 0.05) is 0 Å². The molecule has 0 bridgehead atoms. The van der Waals surface area contributed by atoms with Crippen LogP contribution in [0.25, 0.3) is 0 Å². The minimum absolute atomic E-state index is 0.195. The van der Waals surface area contributed by atoms with Crippen LogP contribution in [-0.2, 0) is 28.0 Å². The third kappa shape index (κ3) is 7.67. The molecule has 1 aliphatic rings. The van der Waals surface area contributed by atoms with Crippen LogP contribution in [0.5, 0.6) is 0 Å². The van der Waals surface area contributed by atoms with E-state index in [0.29, 0.717) is 0 Å². The van der Waals surface area contributed by atoms with Gasteiger partial charge in [-0.2, -0.15) is 0 Å². The molecule has 1 saturated heterocycles. The second kappa shape index (κ2) is 7.84. The summed E-state index contributed by atoms with van der Waals surface area (Å²) in [4.78, 5) is 17.9. The van der Waals surface area contributed by atoms with E-state index < -0.39 is 11.2 Å². The van der Waals surface area contributed by atoms with Gasteiger partial charge in [0.2, 0.25) is 0 Å². The Labute approximate surface area is 141 Å². The molecule has 0 saturated carbocycles. The van der Waals surface area contributed by atoms with E-state index in [4.69, 9.17) is 9.57 Å². The molecule has 6 heteroatoms. The van der Waals surface area contributed by atoms with Crippen molar-refractivity contribution in [2.24, 2.45) is 0 Å². The van der Waals surface area contributed by atoms with Crippen LogP contribution in [0.1, 0.15) is 53.9 Å². The zero-order chi connectivity index (χ0) is 15.4. The molecule has 0 aromatic rings. The molecule has 4 nitrogen and oxygen atoms in total. The van der Waals surface area contributed by atoms with Gasteiger partial charge in [-0.1, -0.05) is 0 Å². The Morgan fingerprint density at radius 2 is 1.80 bits per heavy atom. The van der Waals surface area contributed by atoms with Crippen LogP contribution in [-0.4, -0.2) is 35.3 Å². The van der Waals surface area contributed by atoms with Crippen molar-refractivity contribution < 1.29 is 28.0 Å². The van der Waals surface area contributed by atoms with Crippen LogP contribution in [0.4, 0.5) is 0 Å². The van der Waals surface area contributed by atoms with Gasteiger partial charge in [-0.25, -0.2) is 0 Å². The number of hydrogen-bond donors (Lipinski definition) is 0. The maximum atomic E-state index is 11.9. The fraction of sp³-hybridized carbons (Fsp3) is 0.929. The third-order valence-electron chi connectivity index (χ3n) is 3.16. The monoisotopic (exact) mass is 447 g/mol. The van der Waals surface area contributed by atoms with Crippen molar-refractivity contribution in [2.75, 3.05) is 13.1 Å². The molecule has 0 aromatic carbocycles. The predicted octanol–water partition coefficient (Wildman–Crippen LogP) is 3.75. The molecule has 0 N–H and O–H groups in total. The topological polar surface area (TPSA) is 38.8 Å². The van der Waals surface area contributed by atoms with Gasteiger partial charge in [-0.05, 0) is 0 Å². The fourth-order valence-corrected chi connectivity index (χ4v) is 8.25. The molecular formula is C14H26INO3Zn. The number of piperidine rings is 1. The molecule has 0 aromatic heterocycles. The zero-order valence-electron chi connectivity index (χ0n) is 13.4. The van der Waals surface area contributed by atoms with Crippen LogP contribution in [0.2, 0.25) is 4.51 Å². The van der Waals surface area contributed by atoms with E-state index in [0.717, 1.165) is 17.6 Å². The summed E-state index contributed by atoms with van der Waals surface area (Å²) in [5.74, 6) is -0.195. The Morgan fingerprint density at radius 3 is 2.25 bits per heavy atom. The van der Waals surface area contributed by atoms with Crippen molar-refractivity contribution in [3.8, 4) is 0 Å². The molecule has 0 spiro atoms. The molecule has 1 rings (SSSR count). The maximum absolute atomic E-state index is 11.9. The molecule has 0 radical (unpaired) electrons. The average molecular weight is 449 g/mol. The van der Waals surface area contributed by atoms with E-state index in [2.05, 4.69) is 19.8 Å². The van der Waals surface area contributed by atoms with E-state index in [1.807, 2.05) is 39.7 Å². The molecule has 1 aliphatic heterocycles. The number of carbonyl (C=O) groups is 1. The van der Waals surface area contributed by atoms with Gasteiger partial charge in [0.25, 0.3) is 0 Å². The van der Waals surface area contributed by atoms with Crippen LogP contribution in [0, 0.1) is 0 Å². The predicted molar refractivity (Wildman–Crippen MR) is 84.2 cm³/mol. The minimum atomic E-state index is -0.499. The summed E-state index contributed by atoms with van der Waals surface area (Å²) in [5.41, 5.74) is -0.932. The van der Waals surface area contributed by atoms with Crippen LogP contribution < -0.4 is 0 Å². The molecule has 1 fully saturated rings. The second-order valence-electron chi connectivity index (χ2n) is 7.14. The van der Waals surface area contributed by atoms with Crippen LogP contribution in [0.15, 0.2) is 0 Å². The van der Waals surface area contributed by atoms with Crippen molar-refractivity contribution in [3.63, 3.8) is 0 Å². The number of carbonyl (C=O) groups excluding carboxylic acids is 1. The van der Waals surface area contributed by atoms with Crippen molar-refractivity contribution in [3.05, 3.63) is 0 Å². The average Bonchev–Trinajstić information content (AvgIpc) is 2.25. The van der Waals surface area contributed by atoms with Gasteiger partial charge >= 0.3 is 141 Å². The Kier molecular flexibility index (Phi) is 7.37. The number of rotatable bonds is 5. The van der Waals surface area contributed by atoms with E-state index in [1.54, 1.807) is 0 Å². The van der Waals surface area contributed by atoms with Crippen LogP contribution >= 0.6 is 19.8 Å². The van der Waals surface area contributed by atoms with Gasteiger partial charge in [0.05, 0.1) is 0 Å². The first kappa shape index (κ1) is 18.8. The molecule has 0 aliphatic carbocycles. The van der Waals surface area contributed by atoms with Gasteiger partial charge in [-0.15, -0.1) is 0 Å². The van der Waals surface area contributed by atoms with Crippen molar-refractivity contribution in [1.29, 1.82) is 0 Å². The van der Waals surface area contributed by atoms with E-state index in [-0.39, 0.29) is 26.0 Å². The first-order valence-electron chi connectivity index (χ1n) is 7.33. The zero-order valence-corrected chi connectivity index (χ0v) is 18.5. The fourth-order valence-electron chi connectivity index (χ4n) is 2.26. The summed E-state index contributed by atoms with van der Waals surface area (Å²) in [6.07, 6.45) is 2.80. The van der Waals surface area contributed by atoms with Gasteiger partial charge in [0.15, 0.2) is 0 Å². The summed E-state index contributed by atoms with van der Waals surface area (Å²) in [6, 6.07) is 0. The first-order valence-corrected chi connectivity index (χ1v) is 18.1. The summed E-state index contributed by atoms with van der Waals surface area (Å²) in [7, 11) is 0. The molecule has 0 amide bonds. The second-order valence-corrected chi connectivity index (χ2v) is 14.8.